The Morgan fingerprint density at radius 3 is 2.61 bits per heavy atom. The molecule has 1 aliphatic carbocycles. The Kier molecular flexibility index (Phi) is 7.74. The van der Waals surface area contributed by atoms with Gasteiger partial charge in [0, 0.05) is 11.1 Å². The molecule has 10 nitrogen and oxygen atoms in total. The Hall–Kier alpha value is -2.86. The van der Waals surface area contributed by atoms with E-state index < -0.39 is 47.4 Å². The van der Waals surface area contributed by atoms with Crippen LogP contribution in [-0.4, -0.2) is 57.6 Å². The van der Waals surface area contributed by atoms with Crippen LogP contribution in [-0.2, 0) is 28.7 Å². The van der Waals surface area contributed by atoms with E-state index in [0.717, 1.165) is 25.7 Å². The molecule has 194 valence electrons. The number of β-lactam (4-membered cyclic amide) rings is 1. The van der Waals surface area contributed by atoms with Crippen LogP contribution >= 0.6 is 23.1 Å². The highest BCUT2D eigenvalue weighted by atomic mass is 32.2. The maximum Gasteiger partial charge on any atom is 0.357 e. The lowest BCUT2D eigenvalue weighted by Gasteiger charge is -2.48. The fourth-order valence-corrected chi connectivity index (χ4v) is 5.98. The van der Waals surface area contributed by atoms with Gasteiger partial charge in [-0.25, -0.2) is 9.78 Å². The maximum atomic E-state index is 13.3. The van der Waals surface area contributed by atoms with E-state index in [1.165, 1.54) is 28.0 Å². The number of nitrogens with one attached hydrogen (secondary N) is 1. The van der Waals surface area contributed by atoms with Gasteiger partial charge in [-0.1, -0.05) is 18.9 Å². The number of thioether (sulfide) groups is 1. The van der Waals surface area contributed by atoms with Gasteiger partial charge >= 0.3 is 11.9 Å². The number of hydrogen-bond donors (Lipinski definition) is 2. The lowest BCUT2D eigenvalue weighted by molar-refractivity contribution is -0.173. The molecule has 2 amide bonds. The predicted molar refractivity (Wildman–Crippen MR) is 136 cm³/mol. The first-order valence-electron chi connectivity index (χ1n) is 11.8. The highest BCUT2D eigenvalue weighted by molar-refractivity contribution is 8.00. The molecular formula is C24H30N4O6S2. The monoisotopic (exact) mass is 534 g/mol. The lowest BCUT2D eigenvalue weighted by Crippen LogP contribution is -2.70. The molecule has 2 atom stereocenters. The molecule has 36 heavy (non-hydrogen) atoms. The molecule has 4 rings (SSSR count). The van der Waals surface area contributed by atoms with Gasteiger partial charge in [0.15, 0.2) is 5.13 Å². The number of anilines is 1. The number of hydrogen-bond acceptors (Lipinski definition) is 10. The molecule has 1 aromatic heterocycles. The summed E-state index contributed by atoms with van der Waals surface area (Å²) >= 11 is 2.69. The molecule has 2 fully saturated rings. The normalized spacial score (nSPS) is 22.4. The summed E-state index contributed by atoms with van der Waals surface area (Å²) in [6, 6.07) is -0.791. The predicted octanol–water partition coefficient (Wildman–Crippen LogP) is 2.67. The van der Waals surface area contributed by atoms with Crippen LogP contribution in [0.25, 0.3) is 5.57 Å². The molecular weight excluding hydrogens is 504 g/mol. The van der Waals surface area contributed by atoms with E-state index in [1.807, 2.05) is 6.08 Å². The minimum atomic E-state index is -0.791. The van der Waals surface area contributed by atoms with E-state index in [2.05, 4.69) is 10.3 Å². The lowest BCUT2D eigenvalue weighted by atomic mass is 9.98. The molecule has 0 radical (unpaired) electrons. The molecule has 3 aliphatic rings. The van der Waals surface area contributed by atoms with E-state index in [1.54, 1.807) is 32.2 Å². The number of nitrogens with zero attached hydrogens (tertiary/aromatic N) is 2. The number of nitrogens with two attached hydrogens (primary N) is 1. The van der Waals surface area contributed by atoms with Gasteiger partial charge in [-0.2, -0.15) is 0 Å². The first-order valence-corrected chi connectivity index (χ1v) is 13.7. The second-order valence-electron chi connectivity index (χ2n) is 9.90. The van der Waals surface area contributed by atoms with Crippen LogP contribution < -0.4 is 11.1 Å². The number of ether oxygens (including phenoxy) is 2. The Morgan fingerprint density at radius 2 is 1.97 bits per heavy atom. The number of thiazole rings is 1. The first kappa shape index (κ1) is 26.2. The van der Waals surface area contributed by atoms with Crippen LogP contribution in [0.15, 0.2) is 23.2 Å². The molecule has 12 heteroatoms. The van der Waals surface area contributed by atoms with Crippen LogP contribution in [0, 0.1) is 11.3 Å². The van der Waals surface area contributed by atoms with Gasteiger partial charge in [0.25, 0.3) is 11.8 Å². The van der Waals surface area contributed by atoms with Gasteiger partial charge in [-0.15, -0.1) is 23.1 Å². The summed E-state index contributed by atoms with van der Waals surface area (Å²) in [5, 5.41) is 4.50. The number of carbonyl (C=O) groups is 4. The van der Waals surface area contributed by atoms with Crippen LogP contribution in [0.4, 0.5) is 5.13 Å². The fraction of sp³-hybridized carbons (Fsp3) is 0.542. The van der Waals surface area contributed by atoms with Crippen molar-refractivity contribution in [1.29, 1.82) is 0 Å². The van der Waals surface area contributed by atoms with Gasteiger partial charge < -0.3 is 20.5 Å². The van der Waals surface area contributed by atoms with E-state index >= 15 is 0 Å². The van der Waals surface area contributed by atoms with Gasteiger partial charge in [-0.05, 0) is 45.6 Å². The van der Waals surface area contributed by atoms with Crippen molar-refractivity contribution in [3.63, 3.8) is 0 Å². The zero-order chi connectivity index (χ0) is 26.0. The third-order valence-electron chi connectivity index (χ3n) is 6.18. The minimum absolute atomic E-state index is 0.0788. The van der Waals surface area contributed by atoms with Crippen molar-refractivity contribution in [2.24, 2.45) is 11.3 Å². The smallest absolute Gasteiger partial charge is 0.357 e. The average Bonchev–Trinajstić information content (AvgIpc) is 3.50. The van der Waals surface area contributed by atoms with Crippen molar-refractivity contribution < 1.29 is 28.7 Å². The van der Waals surface area contributed by atoms with Crippen molar-refractivity contribution in [2.75, 3.05) is 18.3 Å². The SMILES string of the molecule is CC(C)(C)C(=O)OCOC(=O)C1=CCS[C@@H]2[C@H](NC(=O)/C(=C/C3CCCC3)c3csc(N)n3)C(=O)N12. The van der Waals surface area contributed by atoms with Crippen LogP contribution in [0.2, 0.25) is 0 Å². The first-order chi connectivity index (χ1) is 17.1. The molecule has 0 spiro atoms. The van der Waals surface area contributed by atoms with Crippen molar-refractivity contribution in [3.05, 3.63) is 28.9 Å². The van der Waals surface area contributed by atoms with E-state index in [-0.39, 0.29) is 11.6 Å². The molecule has 3 N–H and O–H groups in total. The molecule has 0 unspecified atom stereocenters. The average molecular weight is 535 g/mol. The van der Waals surface area contributed by atoms with Gasteiger partial charge in [0.05, 0.1) is 16.7 Å². The van der Waals surface area contributed by atoms with Crippen LogP contribution in [0.1, 0.15) is 52.1 Å². The number of amides is 2. The maximum absolute atomic E-state index is 13.3. The summed E-state index contributed by atoms with van der Waals surface area (Å²) in [6.07, 6.45) is 7.77. The molecule has 1 aromatic rings. The van der Waals surface area contributed by atoms with E-state index in [9.17, 15) is 19.2 Å². The number of rotatable bonds is 7. The highest BCUT2D eigenvalue weighted by Gasteiger charge is 2.53. The van der Waals surface area contributed by atoms with Crippen molar-refractivity contribution in [1.82, 2.24) is 15.2 Å². The zero-order valence-corrected chi connectivity index (χ0v) is 22.1. The Bertz CT molecular complexity index is 1120. The zero-order valence-electron chi connectivity index (χ0n) is 20.4. The van der Waals surface area contributed by atoms with Crippen LogP contribution in [0.3, 0.4) is 0 Å². The minimum Gasteiger partial charge on any atom is -0.427 e. The molecule has 3 heterocycles. The van der Waals surface area contributed by atoms with Gasteiger partial charge in [0.1, 0.15) is 17.1 Å². The summed E-state index contributed by atoms with van der Waals surface area (Å²) in [5.74, 6) is -1.33. The Morgan fingerprint density at radius 1 is 1.25 bits per heavy atom. The topological polar surface area (TPSA) is 141 Å². The highest BCUT2D eigenvalue weighted by Crippen LogP contribution is 2.38. The largest absolute Gasteiger partial charge is 0.427 e. The molecule has 0 bridgehead atoms. The van der Waals surface area contributed by atoms with Crippen molar-refractivity contribution >= 4 is 57.6 Å². The number of fused-ring (bicyclic) bond motifs is 1. The van der Waals surface area contributed by atoms with E-state index in [4.69, 9.17) is 15.2 Å². The summed E-state index contributed by atoms with van der Waals surface area (Å²) in [5.41, 5.74) is 6.06. The number of carbonyl (C=O) groups excluding carboxylic acids is 4. The van der Waals surface area contributed by atoms with Gasteiger partial charge in [-0.3, -0.25) is 19.3 Å². The van der Waals surface area contributed by atoms with Gasteiger partial charge in [0.2, 0.25) is 6.79 Å². The second-order valence-corrected chi connectivity index (χ2v) is 11.9. The third-order valence-corrected chi connectivity index (χ3v) is 8.04. The molecule has 0 aromatic carbocycles. The fourth-order valence-electron chi connectivity index (χ4n) is 4.22. The van der Waals surface area contributed by atoms with Crippen LogP contribution in [0.5, 0.6) is 0 Å². The molecule has 1 saturated carbocycles. The number of nitrogen functional groups attached to an aromatic ring is 1. The molecule has 1 saturated heterocycles. The Labute approximate surface area is 217 Å². The Balaban J connectivity index is 1.40. The second kappa shape index (κ2) is 10.6. The summed E-state index contributed by atoms with van der Waals surface area (Å²) in [4.78, 5) is 56.3. The standard InChI is InChI=1S/C24H30N4O6S2/c1-24(2,3)22(32)34-12-33-21(31)16-8-9-35-20-17(19(30)28(16)20)27-18(29)14(10-13-6-4-5-7-13)15-11-36-23(25)26-15/h8,10-11,13,17,20H,4-7,9,12H2,1-3H3,(H2,25,26)(H,27,29)/b14-10+/t17-,20-/m1/s1. The summed E-state index contributed by atoms with van der Waals surface area (Å²) in [6.45, 7) is 4.52. The quantitative estimate of drug-likeness (QED) is 0.234. The van der Waals surface area contributed by atoms with E-state index in [0.29, 0.717) is 22.2 Å². The van der Waals surface area contributed by atoms with Crippen molar-refractivity contribution in [3.8, 4) is 0 Å². The number of allylic oxidation sites excluding steroid dienone is 1. The summed E-state index contributed by atoms with van der Waals surface area (Å²) < 4.78 is 10.0. The third kappa shape index (κ3) is 5.59. The molecule has 2 aliphatic heterocycles. The number of aromatic nitrogens is 1. The summed E-state index contributed by atoms with van der Waals surface area (Å²) in [7, 11) is 0. The number of esters is 2. The van der Waals surface area contributed by atoms with Crippen molar-refractivity contribution in [2.45, 2.75) is 57.9 Å².